The van der Waals surface area contributed by atoms with Crippen molar-refractivity contribution in [2.45, 2.75) is 13.8 Å². The number of rotatable bonds is 1. The average molecular weight is 221 g/mol. The maximum atomic E-state index is 11.5. The van der Waals surface area contributed by atoms with Gasteiger partial charge >= 0.3 is 12.0 Å². The van der Waals surface area contributed by atoms with Gasteiger partial charge in [-0.1, -0.05) is 18.2 Å². The Hall–Kier alpha value is -2.04. The van der Waals surface area contributed by atoms with Gasteiger partial charge in [0.05, 0.1) is 7.05 Å². The Morgan fingerprint density at radius 1 is 1.31 bits per heavy atom. The number of benzene rings is 1. The standard InChI is InChI=1S/C11H16N4O/c1-7-5-4-6-8(2)9(7)14-11(16)15-10(12)13-3/h4-6H,1-3H3,(H4,12,13,14,15,16)/p+1. The lowest BCUT2D eigenvalue weighted by Crippen LogP contribution is -2.75. The van der Waals surface area contributed by atoms with Gasteiger partial charge in [0, 0.05) is 5.69 Å². The lowest BCUT2D eigenvalue weighted by atomic mass is 10.1. The number of anilines is 1. The number of aryl methyl sites for hydroxylation is 2. The predicted octanol–water partition coefficient (Wildman–Crippen LogP) is -0.550. The van der Waals surface area contributed by atoms with Crippen LogP contribution in [-0.4, -0.2) is 19.0 Å². The molecule has 0 aliphatic carbocycles. The molecule has 86 valence electrons. The molecule has 0 aromatic heterocycles. The number of hydrogen-bond donors (Lipinski definition) is 4. The molecule has 0 saturated carbocycles. The van der Waals surface area contributed by atoms with Gasteiger partial charge in [0.1, 0.15) is 0 Å². The van der Waals surface area contributed by atoms with Crippen LogP contribution in [0.2, 0.25) is 0 Å². The molecule has 5 heteroatoms. The quantitative estimate of drug-likeness (QED) is 0.379. The number of carbonyl (C=O) groups is 1. The molecule has 0 bridgehead atoms. The van der Waals surface area contributed by atoms with E-state index < -0.39 is 0 Å². The molecule has 0 spiro atoms. The molecule has 5 nitrogen and oxygen atoms in total. The third-order valence-corrected chi connectivity index (χ3v) is 2.24. The summed E-state index contributed by atoms with van der Waals surface area (Å²) >= 11 is 0. The van der Waals surface area contributed by atoms with Gasteiger partial charge in [0.15, 0.2) is 0 Å². The minimum absolute atomic E-state index is 0.212. The number of para-hydroxylation sites is 1. The van der Waals surface area contributed by atoms with E-state index >= 15 is 0 Å². The number of carbonyl (C=O) groups excluding carboxylic acids is 1. The second kappa shape index (κ2) is 5.16. The number of urea groups is 1. The van der Waals surface area contributed by atoms with Crippen LogP contribution < -0.4 is 21.4 Å². The van der Waals surface area contributed by atoms with Crippen molar-refractivity contribution in [3.8, 4) is 0 Å². The van der Waals surface area contributed by atoms with E-state index in [2.05, 4.69) is 15.6 Å². The normalized spacial score (nSPS) is 11.1. The SMILES string of the molecule is C[NH+]=C(N)NC(=O)Nc1c(C)cccc1C. The lowest BCUT2D eigenvalue weighted by Gasteiger charge is -2.09. The summed E-state index contributed by atoms with van der Waals surface area (Å²) in [5.74, 6) is 0.212. The number of hydrogen-bond acceptors (Lipinski definition) is 1. The Balaban J connectivity index is 2.77. The molecule has 2 amide bonds. The molecule has 0 unspecified atom stereocenters. The first-order chi connectivity index (χ1) is 7.54. The van der Waals surface area contributed by atoms with Gasteiger partial charge in [-0.05, 0) is 25.0 Å². The van der Waals surface area contributed by atoms with E-state index in [4.69, 9.17) is 5.73 Å². The molecule has 1 rings (SSSR count). The maximum Gasteiger partial charge on any atom is 0.384 e. The topological polar surface area (TPSA) is 81.1 Å². The first-order valence-electron chi connectivity index (χ1n) is 4.99. The summed E-state index contributed by atoms with van der Waals surface area (Å²) in [6, 6.07) is 5.47. The first-order valence-corrected chi connectivity index (χ1v) is 4.99. The minimum atomic E-state index is -0.357. The summed E-state index contributed by atoms with van der Waals surface area (Å²) in [6.45, 7) is 3.88. The monoisotopic (exact) mass is 221 g/mol. The van der Waals surface area contributed by atoms with Gasteiger partial charge in [-0.15, -0.1) is 0 Å². The van der Waals surface area contributed by atoms with E-state index in [1.807, 2.05) is 32.0 Å². The second-order valence-corrected chi connectivity index (χ2v) is 3.51. The van der Waals surface area contributed by atoms with Crippen molar-refractivity contribution >= 4 is 17.7 Å². The lowest BCUT2D eigenvalue weighted by molar-refractivity contribution is -0.422. The highest BCUT2D eigenvalue weighted by Gasteiger charge is 2.10. The summed E-state index contributed by atoms with van der Waals surface area (Å²) in [5, 5.41) is 5.22. The summed E-state index contributed by atoms with van der Waals surface area (Å²) in [4.78, 5) is 14.2. The maximum absolute atomic E-state index is 11.5. The largest absolute Gasteiger partial charge is 0.384 e. The number of nitrogens with two attached hydrogens (primary N) is 1. The van der Waals surface area contributed by atoms with Gasteiger partial charge in [-0.25, -0.2) is 4.79 Å². The van der Waals surface area contributed by atoms with Gasteiger partial charge in [0.25, 0.3) is 0 Å². The molecule has 1 aromatic carbocycles. The van der Waals surface area contributed by atoms with E-state index in [0.717, 1.165) is 16.8 Å². The third kappa shape index (κ3) is 2.98. The summed E-state index contributed by atoms with van der Waals surface area (Å²) < 4.78 is 0. The molecule has 16 heavy (non-hydrogen) atoms. The molecule has 0 fully saturated rings. The van der Waals surface area contributed by atoms with Crippen LogP contribution in [0.3, 0.4) is 0 Å². The van der Waals surface area contributed by atoms with Crippen LogP contribution in [0, 0.1) is 13.8 Å². The van der Waals surface area contributed by atoms with Crippen LogP contribution in [0.4, 0.5) is 10.5 Å². The van der Waals surface area contributed by atoms with Crippen LogP contribution >= 0.6 is 0 Å². The molecular formula is C11H17N4O+. The van der Waals surface area contributed by atoms with Crippen molar-refractivity contribution in [1.29, 1.82) is 0 Å². The summed E-state index contributed by atoms with van der Waals surface area (Å²) in [5.41, 5.74) is 8.27. The van der Waals surface area contributed by atoms with E-state index in [0.29, 0.717) is 0 Å². The fraction of sp³-hybridized carbons (Fsp3) is 0.273. The highest BCUT2D eigenvalue weighted by Crippen LogP contribution is 2.18. The van der Waals surface area contributed by atoms with Gasteiger partial charge < -0.3 is 0 Å². The van der Waals surface area contributed by atoms with E-state index in [1.165, 1.54) is 0 Å². The zero-order valence-electron chi connectivity index (χ0n) is 9.72. The Morgan fingerprint density at radius 2 is 1.88 bits per heavy atom. The van der Waals surface area contributed by atoms with Crippen LogP contribution in [0.1, 0.15) is 11.1 Å². The van der Waals surface area contributed by atoms with E-state index in [-0.39, 0.29) is 12.0 Å². The third-order valence-electron chi connectivity index (χ3n) is 2.24. The van der Waals surface area contributed by atoms with Crippen molar-refractivity contribution < 1.29 is 9.79 Å². The second-order valence-electron chi connectivity index (χ2n) is 3.51. The number of guanidine groups is 1. The highest BCUT2D eigenvalue weighted by molar-refractivity contribution is 6.00. The van der Waals surface area contributed by atoms with Crippen LogP contribution in [-0.2, 0) is 0 Å². The Bertz CT molecular complexity index is 406. The van der Waals surface area contributed by atoms with Crippen molar-refractivity contribution in [2.24, 2.45) is 5.73 Å². The van der Waals surface area contributed by atoms with Crippen molar-refractivity contribution in [2.75, 3.05) is 12.4 Å². The molecular weight excluding hydrogens is 204 g/mol. The van der Waals surface area contributed by atoms with Crippen LogP contribution in [0.15, 0.2) is 18.2 Å². The molecule has 0 heterocycles. The molecule has 0 aliphatic heterocycles. The average Bonchev–Trinajstić information content (AvgIpc) is 2.23. The molecule has 1 aromatic rings. The minimum Gasteiger partial charge on any atom is -0.294 e. The zero-order chi connectivity index (χ0) is 12.1. The molecule has 0 saturated heterocycles. The molecule has 0 atom stereocenters. The fourth-order valence-corrected chi connectivity index (χ4v) is 1.34. The van der Waals surface area contributed by atoms with Crippen molar-refractivity contribution in [1.82, 2.24) is 5.32 Å². The molecule has 5 N–H and O–H groups in total. The molecule has 0 aliphatic rings. The Kier molecular flexibility index (Phi) is 3.88. The Morgan fingerprint density at radius 3 is 2.38 bits per heavy atom. The Labute approximate surface area is 94.8 Å². The highest BCUT2D eigenvalue weighted by atomic mass is 16.2. The van der Waals surface area contributed by atoms with Gasteiger partial charge in [-0.2, -0.15) is 5.32 Å². The van der Waals surface area contributed by atoms with Crippen molar-refractivity contribution in [3.63, 3.8) is 0 Å². The van der Waals surface area contributed by atoms with Gasteiger partial charge in [0.2, 0.25) is 0 Å². The van der Waals surface area contributed by atoms with Crippen LogP contribution in [0.25, 0.3) is 0 Å². The summed E-state index contributed by atoms with van der Waals surface area (Å²) in [7, 11) is 1.63. The smallest absolute Gasteiger partial charge is 0.294 e. The fourth-order valence-electron chi connectivity index (χ4n) is 1.34. The molecule has 0 radical (unpaired) electrons. The number of amides is 2. The van der Waals surface area contributed by atoms with Crippen LogP contribution in [0.5, 0.6) is 0 Å². The van der Waals surface area contributed by atoms with E-state index in [9.17, 15) is 4.79 Å². The summed E-state index contributed by atoms with van der Waals surface area (Å²) in [6.07, 6.45) is 0. The van der Waals surface area contributed by atoms with E-state index in [1.54, 1.807) is 7.05 Å². The predicted molar refractivity (Wildman–Crippen MR) is 64.2 cm³/mol. The van der Waals surface area contributed by atoms with Crippen molar-refractivity contribution in [3.05, 3.63) is 29.3 Å². The first kappa shape index (κ1) is 12.0. The zero-order valence-corrected chi connectivity index (χ0v) is 9.72. The van der Waals surface area contributed by atoms with Gasteiger partial charge in [-0.3, -0.25) is 16.0 Å². The number of nitrogens with one attached hydrogen (secondary N) is 3.